The van der Waals surface area contributed by atoms with Gasteiger partial charge in [0.15, 0.2) is 11.6 Å². The Balaban J connectivity index is 2.58. The first-order chi connectivity index (χ1) is 8.50. The summed E-state index contributed by atoms with van der Waals surface area (Å²) in [5.41, 5.74) is -1.05. The van der Waals surface area contributed by atoms with Crippen molar-refractivity contribution in [2.75, 3.05) is 0 Å². The van der Waals surface area contributed by atoms with Crippen LogP contribution < -0.4 is 0 Å². The molecule has 1 saturated carbocycles. The minimum Gasteiger partial charge on any atom is -0.243 e. The van der Waals surface area contributed by atoms with E-state index in [2.05, 4.69) is 4.99 Å². The van der Waals surface area contributed by atoms with Crippen LogP contribution in [0.3, 0.4) is 0 Å². The number of rotatable bonds is 3. The molecule has 0 heterocycles. The van der Waals surface area contributed by atoms with Gasteiger partial charge in [-0.05, 0) is 43.9 Å². The van der Waals surface area contributed by atoms with Crippen molar-refractivity contribution in [1.29, 1.82) is 0 Å². The molecule has 2 rings (SSSR count). The van der Waals surface area contributed by atoms with Crippen LogP contribution in [0, 0.1) is 11.6 Å². The highest BCUT2D eigenvalue weighted by Crippen LogP contribution is 2.46. The van der Waals surface area contributed by atoms with Crippen LogP contribution in [0.15, 0.2) is 17.1 Å². The number of isocyanates is 1. The maximum atomic E-state index is 13.8. The standard InChI is InChI=1S/C13H12F3NO/c1-8(14)9-5-10(12(16)11(15)6-9)13(17-7-18)3-2-4-13/h5-6,8H,2-4H2,1H3. The fourth-order valence-corrected chi connectivity index (χ4v) is 2.22. The molecule has 96 valence electrons. The van der Waals surface area contributed by atoms with Gasteiger partial charge < -0.3 is 0 Å². The van der Waals surface area contributed by atoms with E-state index in [1.807, 2.05) is 0 Å². The van der Waals surface area contributed by atoms with Crippen molar-refractivity contribution in [2.45, 2.75) is 37.9 Å². The highest BCUT2D eigenvalue weighted by atomic mass is 19.2. The van der Waals surface area contributed by atoms with E-state index < -0.39 is 23.3 Å². The molecule has 1 aliphatic rings. The second-order valence-corrected chi connectivity index (χ2v) is 4.57. The van der Waals surface area contributed by atoms with Crippen LogP contribution in [-0.4, -0.2) is 6.08 Å². The zero-order chi connectivity index (χ0) is 13.3. The van der Waals surface area contributed by atoms with Gasteiger partial charge in [0.1, 0.15) is 11.7 Å². The number of hydrogen-bond donors (Lipinski definition) is 0. The molecule has 1 unspecified atom stereocenters. The van der Waals surface area contributed by atoms with Crippen LogP contribution in [-0.2, 0) is 10.3 Å². The zero-order valence-electron chi connectivity index (χ0n) is 9.84. The van der Waals surface area contributed by atoms with Gasteiger partial charge in [0.25, 0.3) is 0 Å². The second kappa shape index (κ2) is 4.58. The number of nitrogens with zero attached hydrogens (tertiary/aromatic N) is 1. The van der Waals surface area contributed by atoms with Crippen LogP contribution in [0.1, 0.15) is 43.5 Å². The van der Waals surface area contributed by atoms with Gasteiger partial charge in [0, 0.05) is 5.56 Å². The average molecular weight is 255 g/mol. The highest BCUT2D eigenvalue weighted by Gasteiger charge is 2.42. The van der Waals surface area contributed by atoms with Crippen LogP contribution in [0.25, 0.3) is 0 Å². The lowest BCUT2D eigenvalue weighted by atomic mass is 9.71. The normalized spacial score (nSPS) is 18.7. The molecule has 2 nitrogen and oxygen atoms in total. The van der Waals surface area contributed by atoms with Crippen LogP contribution in [0.4, 0.5) is 13.2 Å². The topological polar surface area (TPSA) is 29.4 Å². The van der Waals surface area contributed by atoms with Crippen molar-refractivity contribution in [2.24, 2.45) is 4.99 Å². The number of benzene rings is 1. The van der Waals surface area contributed by atoms with E-state index >= 15 is 0 Å². The van der Waals surface area contributed by atoms with Gasteiger partial charge in [0.05, 0.1) is 0 Å². The molecule has 0 radical (unpaired) electrons. The third kappa shape index (κ3) is 1.95. The monoisotopic (exact) mass is 255 g/mol. The predicted molar refractivity (Wildman–Crippen MR) is 59.5 cm³/mol. The third-order valence-electron chi connectivity index (χ3n) is 3.45. The lowest BCUT2D eigenvalue weighted by Gasteiger charge is -2.37. The van der Waals surface area contributed by atoms with E-state index in [0.717, 1.165) is 12.5 Å². The fourth-order valence-electron chi connectivity index (χ4n) is 2.22. The molecule has 5 heteroatoms. The van der Waals surface area contributed by atoms with Crippen molar-refractivity contribution in [1.82, 2.24) is 0 Å². The predicted octanol–water partition coefficient (Wildman–Crippen LogP) is 3.71. The molecule has 0 saturated heterocycles. The minimum atomic E-state index is -1.41. The summed E-state index contributed by atoms with van der Waals surface area (Å²) in [4.78, 5) is 14.0. The van der Waals surface area contributed by atoms with Gasteiger partial charge in [-0.1, -0.05) is 0 Å². The van der Waals surface area contributed by atoms with Crippen LogP contribution >= 0.6 is 0 Å². The third-order valence-corrected chi connectivity index (χ3v) is 3.45. The van der Waals surface area contributed by atoms with Gasteiger partial charge in [-0.25, -0.2) is 18.0 Å². The Morgan fingerprint density at radius 2 is 2.06 bits per heavy atom. The molecule has 1 fully saturated rings. The molecule has 1 atom stereocenters. The summed E-state index contributed by atoms with van der Waals surface area (Å²) in [6.07, 6.45) is 1.65. The van der Waals surface area contributed by atoms with E-state index in [9.17, 15) is 18.0 Å². The van der Waals surface area contributed by atoms with Crippen molar-refractivity contribution in [3.05, 3.63) is 34.9 Å². The molecule has 1 aromatic rings. The van der Waals surface area contributed by atoms with Crippen LogP contribution in [0.5, 0.6) is 0 Å². The summed E-state index contributed by atoms with van der Waals surface area (Å²) in [6, 6.07) is 2.09. The Labute approximate surface area is 103 Å². The maximum absolute atomic E-state index is 13.8. The Kier molecular flexibility index (Phi) is 3.26. The lowest BCUT2D eigenvalue weighted by molar-refractivity contribution is 0.243. The van der Waals surface area contributed by atoms with Gasteiger partial charge in [-0.2, -0.15) is 4.99 Å². The lowest BCUT2D eigenvalue weighted by Crippen LogP contribution is -2.33. The van der Waals surface area contributed by atoms with E-state index in [1.165, 1.54) is 19.1 Å². The number of aliphatic imine (C=N–C) groups is 1. The fraction of sp³-hybridized carbons (Fsp3) is 0.462. The molecule has 0 bridgehead atoms. The van der Waals surface area contributed by atoms with Gasteiger partial charge in [0.2, 0.25) is 6.08 Å². The molecule has 0 aromatic heterocycles. The molecule has 0 amide bonds. The van der Waals surface area contributed by atoms with Crippen molar-refractivity contribution in [3.8, 4) is 0 Å². The number of halogens is 3. The van der Waals surface area contributed by atoms with Crippen LogP contribution in [0.2, 0.25) is 0 Å². The van der Waals surface area contributed by atoms with Crippen molar-refractivity contribution >= 4 is 6.08 Å². The van der Waals surface area contributed by atoms with Crippen molar-refractivity contribution < 1.29 is 18.0 Å². The summed E-state index contributed by atoms with van der Waals surface area (Å²) in [5, 5.41) is 0. The largest absolute Gasteiger partial charge is 0.243 e. The summed E-state index contributed by atoms with van der Waals surface area (Å²) < 4.78 is 40.5. The first-order valence-corrected chi connectivity index (χ1v) is 5.73. The highest BCUT2D eigenvalue weighted by molar-refractivity contribution is 5.41. The van der Waals surface area contributed by atoms with E-state index in [-0.39, 0.29) is 11.1 Å². The Morgan fingerprint density at radius 3 is 2.50 bits per heavy atom. The first kappa shape index (κ1) is 12.8. The summed E-state index contributed by atoms with van der Waals surface area (Å²) in [6.45, 7) is 1.24. The van der Waals surface area contributed by atoms with E-state index in [4.69, 9.17) is 0 Å². The number of carbonyl (C=O) groups excluding carboxylic acids is 1. The van der Waals surface area contributed by atoms with E-state index in [1.54, 1.807) is 0 Å². The van der Waals surface area contributed by atoms with Crippen molar-refractivity contribution in [3.63, 3.8) is 0 Å². The van der Waals surface area contributed by atoms with Gasteiger partial charge in [-0.15, -0.1) is 0 Å². The summed E-state index contributed by atoms with van der Waals surface area (Å²) in [7, 11) is 0. The molecule has 0 aliphatic heterocycles. The molecule has 0 N–H and O–H groups in total. The molecule has 0 spiro atoms. The van der Waals surface area contributed by atoms with Gasteiger partial charge in [-0.3, -0.25) is 0 Å². The Hall–Kier alpha value is -1.61. The quantitative estimate of drug-likeness (QED) is 0.598. The minimum absolute atomic E-state index is 0.0448. The SMILES string of the molecule is CC(F)c1cc(F)c(F)c(C2(N=C=O)CCC2)c1. The average Bonchev–Trinajstić information content (AvgIpc) is 2.27. The maximum Gasteiger partial charge on any atom is 0.235 e. The smallest absolute Gasteiger partial charge is 0.235 e. The Bertz CT molecular complexity index is 517. The summed E-state index contributed by atoms with van der Waals surface area (Å²) in [5.74, 6) is -2.17. The first-order valence-electron chi connectivity index (χ1n) is 5.73. The molecular formula is C13H12F3NO. The zero-order valence-corrected chi connectivity index (χ0v) is 9.84. The number of hydrogen-bond acceptors (Lipinski definition) is 2. The van der Waals surface area contributed by atoms with Gasteiger partial charge >= 0.3 is 0 Å². The second-order valence-electron chi connectivity index (χ2n) is 4.57. The van der Waals surface area contributed by atoms with E-state index in [0.29, 0.717) is 12.8 Å². The molecule has 1 aromatic carbocycles. The molecule has 18 heavy (non-hydrogen) atoms. The number of alkyl halides is 1. The Morgan fingerprint density at radius 1 is 1.39 bits per heavy atom. The summed E-state index contributed by atoms with van der Waals surface area (Å²) >= 11 is 0. The molecular weight excluding hydrogens is 243 g/mol. The molecule has 1 aliphatic carbocycles.